The van der Waals surface area contributed by atoms with Crippen LogP contribution in [0, 0.1) is 0 Å². The summed E-state index contributed by atoms with van der Waals surface area (Å²) in [5.41, 5.74) is 2.06. The van der Waals surface area contributed by atoms with Crippen molar-refractivity contribution in [2.75, 3.05) is 10.6 Å². The van der Waals surface area contributed by atoms with Gasteiger partial charge in [0.15, 0.2) is 5.13 Å². The molecule has 0 atom stereocenters. The number of hydrogen-bond acceptors (Lipinski definition) is 4. The van der Waals surface area contributed by atoms with E-state index in [-0.39, 0.29) is 5.91 Å². The highest BCUT2D eigenvalue weighted by Crippen LogP contribution is 2.22. The first-order valence-corrected chi connectivity index (χ1v) is 8.22. The Hall–Kier alpha value is -2.18. The number of halogens is 1. The number of benzene rings is 2. The number of carbonyl (C=O) groups excluding carboxylic acids is 1. The zero-order valence-corrected chi connectivity index (χ0v) is 13.8. The fourth-order valence-corrected chi connectivity index (χ4v) is 2.95. The molecule has 1 heterocycles. The molecular weight excluding hydrogens is 362 g/mol. The van der Waals surface area contributed by atoms with Gasteiger partial charge in [0.2, 0.25) is 0 Å². The average Bonchev–Trinajstić information content (AvgIpc) is 2.97. The van der Waals surface area contributed by atoms with Crippen molar-refractivity contribution in [3.05, 3.63) is 70.1 Å². The molecule has 0 bridgehead atoms. The van der Waals surface area contributed by atoms with Gasteiger partial charge in [-0.25, -0.2) is 4.98 Å². The first kappa shape index (κ1) is 14.7. The summed E-state index contributed by atoms with van der Waals surface area (Å²) < 4.78 is 0.912. The van der Waals surface area contributed by atoms with Crippen LogP contribution >= 0.6 is 27.3 Å². The molecule has 0 spiro atoms. The molecule has 0 radical (unpaired) electrons. The van der Waals surface area contributed by atoms with Crippen LogP contribution in [-0.2, 0) is 0 Å². The van der Waals surface area contributed by atoms with Gasteiger partial charge in [-0.05, 0) is 30.3 Å². The summed E-state index contributed by atoms with van der Waals surface area (Å²) >= 11 is 4.77. The molecule has 0 saturated heterocycles. The fourth-order valence-electron chi connectivity index (χ4n) is 1.84. The molecule has 4 nitrogen and oxygen atoms in total. The summed E-state index contributed by atoms with van der Waals surface area (Å²) in [4.78, 5) is 16.5. The molecule has 2 aromatic carbocycles. The molecule has 3 rings (SSSR count). The average molecular weight is 374 g/mol. The van der Waals surface area contributed by atoms with E-state index in [1.54, 1.807) is 5.38 Å². The van der Waals surface area contributed by atoms with E-state index in [9.17, 15) is 4.79 Å². The van der Waals surface area contributed by atoms with E-state index in [4.69, 9.17) is 0 Å². The van der Waals surface area contributed by atoms with Gasteiger partial charge >= 0.3 is 0 Å². The van der Waals surface area contributed by atoms with Crippen molar-refractivity contribution in [2.45, 2.75) is 0 Å². The smallest absolute Gasteiger partial charge is 0.275 e. The van der Waals surface area contributed by atoms with Gasteiger partial charge in [0.1, 0.15) is 5.69 Å². The third kappa shape index (κ3) is 3.72. The van der Waals surface area contributed by atoms with Crippen molar-refractivity contribution in [3.63, 3.8) is 0 Å². The van der Waals surface area contributed by atoms with E-state index in [2.05, 4.69) is 31.5 Å². The number of rotatable bonds is 4. The Balaban J connectivity index is 1.69. The number of nitrogens with one attached hydrogen (secondary N) is 2. The van der Waals surface area contributed by atoms with Crippen LogP contribution in [0.3, 0.4) is 0 Å². The summed E-state index contributed by atoms with van der Waals surface area (Å²) in [5, 5.41) is 8.42. The van der Waals surface area contributed by atoms with Crippen LogP contribution in [0.4, 0.5) is 16.5 Å². The Morgan fingerprint density at radius 2 is 1.82 bits per heavy atom. The van der Waals surface area contributed by atoms with Crippen LogP contribution in [0.15, 0.2) is 64.5 Å². The monoisotopic (exact) mass is 373 g/mol. The molecule has 0 aliphatic carbocycles. The summed E-state index contributed by atoms with van der Waals surface area (Å²) in [7, 11) is 0. The number of carbonyl (C=O) groups is 1. The van der Waals surface area contributed by atoms with Crippen molar-refractivity contribution in [3.8, 4) is 0 Å². The van der Waals surface area contributed by atoms with Crippen LogP contribution in [0.25, 0.3) is 0 Å². The van der Waals surface area contributed by atoms with Crippen molar-refractivity contribution in [2.24, 2.45) is 0 Å². The second-order valence-electron chi connectivity index (χ2n) is 4.49. The second-order valence-corrected chi connectivity index (χ2v) is 6.27. The number of para-hydroxylation sites is 1. The van der Waals surface area contributed by atoms with Gasteiger partial charge in [0, 0.05) is 21.2 Å². The predicted molar refractivity (Wildman–Crippen MR) is 93.9 cm³/mol. The second kappa shape index (κ2) is 6.72. The number of amides is 1. The van der Waals surface area contributed by atoms with E-state index in [0.717, 1.165) is 15.8 Å². The highest BCUT2D eigenvalue weighted by Gasteiger charge is 2.11. The molecular formula is C16H12BrN3OS. The minimum Gasteiger partial charge on any atom is -0.332 e. The van der Waals surface area contributed by atoms with Gasteiger partial charge in [-0.15, -0.1) is 11.3 Å². The lowest BCUT2D eigenvalue weighted by Crippen LogP contribution is -2.12. The van der Waals surface area contributed by atoms with E-state index in [0.29, 0.717) is 10.8 Å². The van der Waals surface area contributed by atoms with Crippen LogP contribution in [0.1, 0.15) is 10.5 Å². The molecule has 110 valence electrons. The lowest BCUT2D eigenvalue weighted by atomic mass is 10.3. The van der Waals surface area contributed by atoms with E-state index < -0.39 is 0 Å². The normalized spacial score (nSPS) is 10.2. The molecule has 2 N–H and O–H groups in total. The van der Waals surface area contributed by atoms with Gasteiger partial charge in [0.05, 0.1) is 0 Å². The molecule has 1 aromatic heterocycles. The Labute approximate surface area is 140 Å². The maximum absolute atomic E-state index is 12.2. The van der Waals surface area contributed by atoms with Gasteiger partial charge in [-0.3, -0.25) is 4.79 Å². The Morgan fingerprint density at radius 3 is 2.59 bits per heavy atom. The lowest BCUT2D eigenvalue weighted by Gasteiger charge is -2.03. The molecule has 1 amide bonds. The first-order chi connectivity index (χ1) is 10.7. The molecule has 0 fully saturated rings. The van der Waals surface area contributed by atoms with Crippen LogP contribution in [-0.4, -0.2) is 10.9 Å². The maximum Gasteiger partial charge on any atom is 0.275 e. The lowest BCUT2D eigenvalue weighted by molar-refractivity contribution is 0.102. The summed E-state index contributed by atoms with van der Waals surface area (Å²) in [5.74, 6) is -0.226. The number of aromatic nitrogens is 1. The Kier molecular flexibility index (Phi) is 4.50. The zero-order valence-electron chi connectivity index (χ0n) is 11.4. The van der Waals surface area contributed by atoms with Gasteiger partial charge in [-0.2, -0.15) is 0 Å². The van der Waals surface area contributed by atoms with Crippen molar-refractivity contribution in [1.82, 2.24) is 4.98 Å². The minimum atomic E-state index is -0.226. The Morgan fingerprint density at radius 1 is 1.05 bits per heavy atom. The van der Waals surface area contributed by atoms with Gasteiger partial charge in [0.25, 0.3) is 5.91 Å². The third-order valence-electron chi connectivity index (χ3n) is 2.84. The van der Waals surface area contributed by atoms with E-state index in [1.165, 1.54) is 11.3 Å². The molecule has 0 aliphatic heterocycles. The standard InChI is InChI=1S/C16H12BrN3OS/c17-11-5-4-8-13(9-11)18-15(21)14-10-22-16(20-14)19-12-6-2-1-3-7-12/h1-10H,(H,18,21)(H,19,20). The van der Waals surface area contributed by atoms with Gasteiger partial charge < -0.3 is 10.6 Å². The molecule has 6 heteroatoms. The molecule has 0 aliphatic rings. The molecule has 3 aromatic rings. The first-order valence-electron chi connectivity index (χ1n) is 6.55. The Bertz CT molecular complexity index is 789. The third-order valence-corrected chi connectivity index (χ3v) is 4.10. The van der Waals surface area contributed by atoms with Crippen LogP contribution in [0.2, 0.25) is 0 Å². The molecule has 0 unspecified atom stereocenters. The summed E-state index contributed by atoms with van der Waals surface area (Å²) in [6.45, 7) is 0. The summed E-state index contributed by atoms with van der Waals surface area (Å²) in [6.07, 6.45) is 0. The zero-order chi connectivity index (χ0) is 15.4. The van der Waals surface area contributed by atoms with Crippen LogP contribution in [0.5, 0.6) is 0 Å². The SMILES string of the molecule is O=C(Nc1cccc(Br)c1)c1csc(Nc2ccccc2)n1. The predicted octanol–water partition coefficient (Wildman–Crippen LogP) is 4.90. The van der Waals surface area contributed by atoms with Crippen molar-refractivity contribution in [1.29, 1.82) is 0 Å². The maximum atomic E-state index is 12.2. The van der Waals surface area contributed by atoms with Crippen molar-refractivity contribution < 1.29 is 4.79 Å². The molecule has 22 heavy (non-hydrogen) atoms. The van der Waals surface area contributed by atoms with E-state index in [1.807, 2.05) is 54.6 Å². The quantitative estimate of drug-likeness (QED) is 0.683. The van der Waals surface area contributed by atoms with Gasteiger partial charge in [-0.1, -0.05) is 40.2 Å². The highest BCUT2D eigenvalue weighted by molar-refractivity contribution is 9.10. The molecule has 0 saturated carbocycles. The van der Waals surface area contributed by atoms with E-state index >= 15 is 0 Å². The number of thiazole rings is 1. The fraction of sp³-hybridized carbons (Fsp3) is 0. The number of nitrogens with zero attached hydrogens (tertiary/aromatic N) is 1. The number of anilines is 3. The topological polar surface area (TPSA) is 54.0 Å². The van der Waals surface area contributed by atoms with Crippen LogP contribution < -0.4 is 10.6 Å². The van der Waals surface area contributed by atoms with Crippen molar-refractivity contribution >= 4 is 49.7 Å². The number of hydrogen-bond donors (Lipinski definition) is 2. The summed E-state index contributed by atoms with van der Waals surface area (Å²) in [6, 6.07) is 17.2. The highest BCUT2D eigenvalue weighted by atomic mass is 79.9. The largest absolute Gasteiger partial charge is 0.332 e. The minimum absolute atomic E-state index is 0.226.